The molecule has 1 aromatic heterocycles. The molecule has 0 amide bonds. The highest BCUT2D eigenvalue weighted by molar-refractivity contribution is 6.35. The van der Waals surface area contributed by atoms with E-state index in [9.17, 15) is 0 Å². The third kappa shape index (κ3) is 2.77. The summed E-state index contributed by atoms with van der Waals surface area (Å²) in [5.74, 6) is 0.391. The molecule has 6 heteroatoms. The summed E-state index contributed by atoms with van der Waals surface area (Å²) in [4.78, 5) is 8.08. The normalized spacial score (nSPS) is 10.5. The number of nitrogens with zero attached hydrogens (tertiary/aromatic N) is 2. The van der Waals surface area contributed by atoms with Gasteiger partial charge in [-0.2, -0.15) is 0 Å². The van der Waals surface area contributed by atoms with Crippen molar-refractivity contribution >= 4 is 46.4 Å². The molecule has 0 aliphatic rings. The highest BCUT2D eigenvalue weighted by Gasteiger charge is 2.06. The largest absolute Gasteiger partial charge is 0.216 e. The van der Waals surface area contributed by atoms with Gasteiger partial charge < -0.3 is 0 Å². The van der Waals surface area contributed by atoms with Crippen LogP contribution in [-0.4, -0.2) is 9.97 Å². The molecule has 0 aliphatic carbocycles. The van der Waals surface area contributed by atoms with E-state index in [2.05, 4.69) is 9.97 Å². The van der Waals surface area contributed by atoms with Crippen LogP contribution in [0.3, 0.4) is 0 Å². The minimum atomic E-state index is 0.270. The summed E-state index contributed by atoms with van der Waals surface area (Å²) in [6, 6.07) is 6.46. The van der Waals surface area contributed by atoms with E-state index in [0.717, 1.165) is 0 Å². The zero-order valence-electron chi connectivity index (χ0n) is 7.72. The van der Waals surface area contributed by atoms with Gasteiger partial charge in [-0.15, -0.1) is 0 Å². The molecule has 2 aromatic rings. The Balaban J connectivity index is 2.57. The van der Waals surface area contributed by atoms with Crippen LogP contribution in [0.15, 0.2) is 24.3 Å². The Morgan fingerprint density at radius 1 is 0.688 bits per heavy atom. The lowest BCUT2D eigenvalue weighted by Gasteiger charge is -2.03. The first-order valence-corrected chi connectivity index (χ1v) is 5.72. The van der Waals surface area contributed by atoms with Crippen molar-refractivity contribution in [3.63, 3.8) is 0 Å². The lowest BCUT2D eigenvalue weighted by Crippen LogP contribution is -1.90. The van der Waals surface area contributed by atoms with Gasteiger partial charge in [0.2, 0.25) is 0 Å². The zero-order chi connectivity index (χ0) is 11.7. The van der Waals surface area contributed by atoms with Gasteiger partial charge in [-0.25, -0.2) is 9.97 Å². The molecule has 1 heterocycles. The lowest BCUT2D eigenvalue weighted by molar-refractivity contribution is 1.18. The van der Waals surface area contributed by atoms with Crippen molar-refractivity contribution in [2.75, 3.05) is 0 Å². The van der Waals surface area contributed by atoms with E-state index in [-0.39, 0.29) is 10.3 Å². The molecule has 2 nitrogen and oxygen atoms in total. The van der Waals surface area contributed by atoms with Crippen LogP contribution in [0, 0.1) is 0 Å². The van der Waals surface area contributed by atoms with Crippen LogP contribution in [0.2, 0.25) is 20.4 Å². The third-order valence-electron chi connectivity index (χ3n) is 1.78. The molecule has 16 heavy (non-hydrogen) atoms. The van der Waals surface area contributed by atoms with E-state index in [1.165, 1.54) is 6.07 Å². The van der Waals surface area contributed by atoms with E-state index in [1.54, 1.807) is 18.2 Å². The minimum absolute atomic E-state index is 0.270. The van der Waals surface area contributed by atoms with E-state index < -0.39 is 0 Å². The van der Waals surface area contributed by atoms with Crippen LogP contribution in [0.1, 0.15) is 0 Å². The number of hydrogen-bond donors (Lipinski definition) is 0. The minimum Gasteiger partial charge on any atom is -0.216 e. The molecule has 0 saturated carbocycles. The Kier molecular flexibility index (Phi) is 3.55. The zero-order valence-corrected chi connectivity index (χ0v) is 10.7. The SMILES string of the molecule is Clc1cc(Cl)cc(-c2nc(Cl)cc(Cl)n2)c1. The molecule has 0 spiro atoms. The second kappa shape index (κ2) is 4.76. The van der Waals surface area contributed by atoms with E-state index in [1.807, 2.05) is 0 Å². The van der Waals surface area contributed by atoms with Crippen molar-refractivity contribution in [1.82, 2.24) is 9.97 Å². The first-order chi connectivity index (χ1) is 7.54. The number of halogens is 4. The van der Waals surface area contributed by atoms with Gasteiger partial charge >= 0.3 is 0 Å². The summed E-state index contributed by atoms with van der Waals surface area (Å²) in [5, 5.41) is 1.54. The lowest BCUT2D eigenvalue weighted by atomic mass is 10.2. The van der Waals surface area contributed by atoms with Gasteiger partial charge in [0.1, 0.15) is 10.3 Å². The van der Waals surface area contributed by atoms with Crippen LogP contribution >= 0.6 is 46.4 Å². The Bertz CT molecular complexity index is 452. The standard InChI is InChI=1S/C10H4Cl4N2/c11-6-1-5(2-7(12)3-6)10-15-8(13)4-9(14)16-10/h1-4H. The molecule has 0 saturated heterocycles. The van der Waals surface area contributed by atoms with E-state index in [0.29, 0.717) is 21.4 Å². The Morgan fingerprint density at radius 3 is 1.69 bits per heavy atom. The second-order valence-corrected chi connectivity index (χ2v) is 4.64. The predicted molar refractivity (Wildman–Crippen MR) is 67.5 cm³/mol. The van der Waals surface area contributed by atoms with E-state index in [4.69, 9.17) is 46.4 Å². The fourth-order valence-electron chi connectivity index (χ4n) is 1.20. The maximum Gasteiger partial charge on any atom is 0.162 e. The summed E-state index contributed by atoms with van der Waals surface area (Å²) in [5.41, 5.74) is 0.668. The van der Waals surface area contributed by atoms with Gasteiger partial charge in [0.15, 0.2) is 5.82 Å². The van der Waals surface area contributed by atoms with Crippen LogP contribution in [0.4, 0.5) is 0 Å². The topological polar surface area (TPSA) is 25.8 Å². The van der Waals surface area contributed by atoms with Gasteiger partial charge in [-0.3, -0.25) is 0 Å². The number of hydrogen-bond acceptors (Lipinski definition) is 2. The number of benzene rings is 1. The second-order valence-electron chi connectivity index (χ2n) is 3.00. The summed E-state index contributed by atoms with van der Waals surface area (Å²) in [7, 11) is 0. The first kappa shape index (κ1) is 11.9. The molecule has 0 fully saturated rings. The van der Waals surface area contributed by atoms with Crippen LogP contribution in [0.25, 0.3) is 11.4 Å². The molecule has 82 valence electrons. The first-order valence-electron chi connectivity index (χ1n) is 4.21. The van der Waals surface area contributed by atoms with E-state index >= 15 is 0 Å². The molecule has 0 unspecified atom stereocenters. The smallest absolute Gasteiger partial charge is 0.162 e. The van der Waals surface area contributed by atoms with Crippen LogP contribution in [-0.2, 0) is 0 Å². The third-order valence-corrected chi connectivity index (χ3v) is 2.61. The molecule has 0 aliphatic heterocycles. The van der Waals surface area contributed by atoms with Gasteiger partial charge in [0, 0.05) is 21.7 Å². The summed E-state index contributed by atoms with van der Waals surface area (Å²) in [6.45, 7) is 0. The van der Waals surface area contributed by atoms with Crippen LogP contribution < -0.4 is 0 Å². The average molecular weight is 294 g/mol. The van der Waals surface area contributed by atoms with Crippen molar-refractivity contribution in [2.24, 2.45) is 0 Å². The molecule has 1 aromatic carbocycles. The molecule has 0 N–H and O–H groups in total. The molecule has 0 bridgehead atoms. The average Bonchev–Trinajstić information content (AvgIpc) is 2.14. The van der Waals surface area contributed by atoms with Gasteiger partial charge in [-0.1, -0.05) is 46.4 Å². The molecule has 0 radical (unpaired) electrons. The van der Waals surface area contributed by atoms with Crippen LogP contribution in [0.5, 0.6) is 0 Å². The van der Waals surface area contributed by atoms with Gasteiger partial charge in [-0.05, 0) is 18.2 Å². The maximum atomic E-state index is 5.87. The molecule has 2 rings (SSSR count). The molecular formula is C10H4Cl4N2. The highest BCUT2D eigenvalue weighted by Crippen LogP contribution is 2.26. The summed E-state index contributed by atoms with van der Waals surface area (Å²) >= 11 is 23.3. The predicted octanol–water partition coefficient (Wildman–Crippen LogP) is 4.76. The monoisotopic (exact) mass is 292 g/mol. The number of rotatable bonds is 1. The van der Waals surface area contributed by atoms with Crippen molar-refractivity contribution in [1.29, 1.82) is 0 Å². The fraction of sp³-hybridized carbons (Fsp3) is 0. The number of aromatic nitrogens is 2. The van der Waals surface area contributed by atoms with Crippen molar-refractivity contribution in [3.05, 3.63) is 44.6 Å². The molecule has 0 atom stereocenters. The Labute approximate surface area is 112 Å². The van der Waals surface area contributed by atoms with Crippen molar-refractivity contribution in [2.45, 2.75) is 0 Å². The highest BCUT2D eigenvalue weighted by atomic mass is 35.5. The fourth-order valence-corrected chi connectivity index (χ4v) is 2.15. The molecular weight excluding hydrogens is 290 g/mol. The van der Waals surface area contributed by atoms with Gasteiger partial charge in [0.05, 0.1) is 0 Å². The summed E-state index contributed by atoms with van der Waals surface area (Å²) < 4.78 is 0. The summed E-state index contributed by atoms with van der Waals surface area (Å²) in [6.07, 6.45) is 0. The van der Waals surface area contributed by atoms with Crippen molar-refractivity contribution in [3.8, 4) is 11.4 Å². The quantitative estimate of drug-likeness (QED) is 0.709. The Hall–Kier alpha value is -0.540. The maximum absolute atomic E-state index is 5.87. The van der Waals surface area contributed by atoms with Gasteiger partial charge in [0.25, 0.3) is 0 Å². The van der Waals surface area contributed by atoms with Crippen molar-refractivity contribution < 1.29 is 0 Å². The Morgan fingerprint density at radius 2 is 1.19 bits per heavy atom.